The van der Waals surface area contributed by atoms with Gasteiger partial charge in [0.2, 0.25) is 5.91 Å². The quantitative estimate of drug-likeness (QED) is 0.324. The minimum absolute atomic E-state index is 0.0724. The fourth-order valence-corrected chi connectivity index (χ4v) is 6.59. The molecule has 4 aliphatic rings. The van der Waals surface area contributed by atoms with Gasteiger partial charge in [-0.05, 0) is 62.1 Å². The van der Waals surface area contributed by atoms with E-state index in [9.17, 15) is 9.90 Å². The third kappa shape index (κ3) is 3.80. The lowest BCUT2D eigenvalue weighted by atomic mass is 9.88. The minimum Gasteiger partial charge on any atom is -0.506 e. The number of alkyl halides is 1. The zero-order valence-corrected chi connectivity index (χ0v) is 20.9. The van der Waals surface area contributed by atoms with E-state index in [1.807, 2.05) is 21.7 Å². The van der Waals surface area contributed by atoms with E-state index in [0.717, 1.165) is 53.9 Å². The van der Waals surface area contributed by atoms with Crippen LogP contribution in [-0.4, -0.2) is 49.8 Å². The lowest BCUT2D eigenvalue weighted by molar-refractivity contribution is -0.139. The maximum Gasteiger partial charge on any atom is 0.229 e. The van der Waals surface area contributed by atoms with E-state index in [4.69, 9.17) is 10.8 Å². The number of carbonyl (C=O) groups is 1. The van der Waals surface area contributed by atoms with Crippen molar-refractivity contribution in [3.63, 3.8) is 0 Å². The highest BCUT2D eigenvalue weighted by Gasteiger charge is 2.42. The van der Waals surface area contributed by atoms with Crippen LogP contribution < -0.4 is 11.1 Å². The van der Waals surface area contributed by atoms with Crippen LogP contribution in [0.25, 0.3) is 5.69 Å². The molecule has 6 rings (SSSR count). The first-order valence-electron chi connectivity index (χ1n) is 12.4. The fraction of sp³-hybridized carbons (Fsp3) is 0.538. The molecule has 0 spiro atoms. The molecule has 180 valence electrons. The molecule has 34 heavy (non-hydrogen) atoms. The van der Waals surface area contributed by atoms with Crippen molar-refractivity contribution in [2.24, 2.45) is 11.7 Å². The van der Waals surface area contributed by atoms with Crippen molar-refractivity contribution in [3.8, 4) is 11.4 Å². The predicted octanol–water partition coefficient (Wildman–Crippen LogP) is 3.43. The van der Waals surface area contributed by atoms with Gasteiger partial charge in [0, 0.05) is 31.1 Å². The number of amides is 1. The number of piperidine rings is 1. The Morgan fingerprint density at radius 1 is 1.26 bits per heavy atom. The van der Waals surface area contributed by atoms with Crippen LogP contribution in [-0.2, 0) is 17.6 Å². The van der Waals surface area contributed by atoms with E-state index in [1.54, 1.807) is 0 Å². The third-order valence-corrected chi connectivity index (χ3v) is 8.72. The van der Waals surface area contributed by atoms with Crippen LogP contribution in [0.3, 0.4) is 0 Å². The second kappa shape index (κ2) is 8.50. The number of hydrogen-bond donors (Lipinski definition) is 3. The normalized spacial score (nSPS) is 29.0. The Morgan fingerprint density at radius 2 is 2.09 bits per heavy atom. The van der Waals surface area contributed by atoms with Crippen LogP contribution in [0.5, 0.6) is 5.75 Å². The molecule has 7 nitrogen and oxygen atoms in total. The molecule has 1 saturated carbocycles. The zero-order chi connectivity index (χ0) is 23.6. The van der Waals surface area contributed by atoms with Gasteiger partial charge in [-0.3, -0.25) is 4.79 Å². The lowest BCUT2D eigenvalue weighted by Gasteiger charge is -2.41. The van der Waals surface area contributed by atoms with Crippen molar-refractivity contribution in [3.05, 3.63) is 52.9 Å². The number of aromatic hydroxyl groups is 1. The number of aromatic nitrogens is 2. The molecule has 4 atom stereocenters. The standard InChI is InChI=1S/C26H32BrN5O2/c1-14-2-6-19-25-21(32(30-19)20-7-5-16(11-23(20)33)15-3-4-15)8-9-31(22(25)10-14)26(34)17-13-29-24(27)12-18(17)28/h5,7,11,15,17-18,22,24,29,33H,1-4,6,8-10,12-13,28H2. The molecule has 1 saturated heterocycles. The molecule has 8 heteroatoms. The summed E-state index contributed by atoms with van der Waals surface area (Å²) in [6.45, 7) is 5.50. The molecule has 2 aliphatic heterocycles. The smallest absolute Gasteiger partial charge is 0.229 e. The second-order valence-corrected chi connectivity index (χ2v) is 11.5. The van der Waals surface area contributed by atoms with Gasteiger partial charge in [0.15, 0.2) is 0 Å². The molecule has 4 N–H and O–H groups in total. The van der Waals surface area contributed by atoms with Gasteiger partial charge in [0.1, 0.15) is 11.4 Å². The number of aryl methyl sites for hydroxylation is 1. The summed E-state index contributed by atoms with van der Waals surface area (Å²) >= 11 is 3.57. The van der Waals surface area contributed by atoms with E-state index in [-0.39, 0.29) is 34.6 Å². The third-order valence-electron chi connectivity index (χ3n) is 8.03. The van der Waals surface area contributed by atoms with Crippen molar-refractivity contribution in [2.45, 2.75) is 67.9 Å². The molecule has 3 heterocycles. The number of nitrogens with zero attached hydrogens (tertiary/aromatic N) is 3. The van der Waals surface area contributed by atoms with Crippen molar-refractivity contribution >= 4 is 21.8 Å². The maximum atomic E-state index is 13.7. The van der Waals surface area contributed by atoms with Crippen LogP contribution >= 0.6 is 15.9 Å². The fourth-order valence-electron chi connectivity index (χ4n) is 5.98. The second-order valence-electron chi connectivity index (χ2n) is 10.4. The first-order chi connectivity index (χ1) is 16.4. The molecule has 1 aromatic carbocycles. The maximum absolute atomic E-state index is 13.7. The predicted molar refractivity (Wildman–Crippen MR) is 134 cm³/mol. The number of phenolic OH excluding ortho intramolecular Hbond substituents is 1. The first-order valence-corrected chi connectivity index (χ1v) is 13.4. The van der Waals surface area contributed by atoms with E-state index < -0.39 is 0 Å². The van der Waals surface area contributed by atoms with Crippen molar-refractivity contribution in [1.29, 1.82) is 0 Å². The molecule has 2 fully saturated rings. The number of phenols is 1. The highest BCUT2D eigenvalue weighted by molar-refractivity contribution is 9.09. The van der Waals surface area contributed by atoms with Gasteiger partial charge in [0.25, 0.3) is 0 Å². The van der Waals surface area contributed by atoms with Crippen LogP contribution in [0.15, 0.2) is 30.4 Å². The van der Waals surface area contributed by atoms with Gasteiger partial charge < -0.3 is 21.1 Å². The Bertz CT molecular complexity index is 1160. The Balaban J connectivity index is 1.37. The molecular weight excluding hydrogens is 494 g/mol. The molecule has 1 amide bonds. The van der Waals surface area contributed by atoms with Crippen LogP contribution in [0.1, 0.15) is 66.6 Å². The highest BCUT2D eigenvalue weighted by Crippen LogP contribution is 2.44. The first kappa shape index (κ1) is 22.3. The van der Waals surface area contributed by atoms with Crippen LogP contribution in [0.4, 0.5) is 0 Å². The summed E-state index contributed by atoms with van der Waals surface area (Å²) in [6, 6.07) is 5.79. The Labute approximate surface area is 208 Å². The van der Waals surface area contributed by atoms with Gasteiger partial charge in [0.05, 0.1) is 28.3 Å². The summed E-state index contributed by atoms with van der Waals surface area (Å²) in [5, 5.41) is 19.2. The average Bonchev–Trinajstić information content (AvgIpc) is 3.60. The Kier molecular flexibility index (Phi) is 5.58. The number of rotatable bonds is 3. The average molecular weight is 526 g/mol. The van der Waals surface area contributed by atoms with Gasteiger partial charge >= 0.3 is 0 Å². The van der Waals surface area contributed by atoms with E-state index in [0.29, 0.717) is 25.4 Å². The van der Waals surface area contributed by atoms with E-state index in [1.165, 1.54) is 18.4 Å². The van der Waals surface area contributed by atoms with Crippen molar-refractivity contribution < 1.29 is 9.90 Å². The largest absolute Gasteiger partial charge is 0.506 e. The molecule has 4 unspecified atom stereocenters. The Morgan fingerprint density at radius 3 is 2.82 bits per heavy atom. The van der Waals surface area contributed by atoms with Crippen LogP contribution in [0.2, 0.25) is 0 Å². The van der Waals surface area contributed by atoms with Gasteiger partial charge in [-0.15, -0.1) is 0 Å². The molecular formula is C26H32BrN5O2. The Hall–Kier alpha value is -2.16. The summed E-state index contributed by atoms with van der Waals surface area (Å²) in [5.41, 5.74) is 12.8. The number of nitrogens with two attached hydrogens (primary N) is 1. The highest BCUT2D eigenvalue weighted by atomic mass is 79.9. The summed E-state index contributed by atoms with van der Waals surface area (Å²) in [7, 11) is 0. The minimum atomic E-state index is -0.232. The SMILES string of the molecule is C=C1CCc2nn(-c3ccc(C4CC4)cc3O)c3c2C(C1)N(C(=O)C1CNC(Br)CC1N)CC3. The van der Waals surface area contributed by atoms with E-state index in [2.05, 4.69) is 33.9 Å². The number of nitrogens with one attached hydrogen (secondary N) is 1. The van der Waals surface area contributed by atoms with Gasteiger partial charge in [-0.1, -0.05) is 34.1 Å². The van der Waals surface area contributed by atoms with Gasteiger partial charge in [-0.2, -0.15) is 5.10 Å². The molecule has 0 bridgehead atoms. The van der Waals surface area contributed by atoms with Crippen molar-refractivity contribution in [2.75, 3.05) is 13.1 Å². The number of halogens is 1. The van der Waals surface area contributed by atoms with Crippen LogP contribution in [0, 0.1) is 5.92 Å². The molecule has 0 radical (unpaired) electrons. The number of carbonyl (C=O) groups excluding carboxylic acids is 1. The zero-order valence-electron chi connectivity index (χ0n) is 19.3. The summed E-state index contributed by atoms with van der Waals surface area (Å²) < 4.78 is 1.93. The number of benzene rings is 1. The molecule has 2 aliphatic carbocycles. The summed E-state index contributed by atoms with van der Waals surface area (Å²) in [5.74, 6) is 0.758. The van der Waals surface area contributed by atoms with Gasteiger partial charge in [-0.25, -0.2) is 4.68 Å². The summed E-state index contributed by atoms with van der Waals surface area (Å²) in [6.07, 6.45) is 6.26. The molecule has 1 aromatic heterocycles. The number of hydrogen-bond acceptors (Lipinski definition) is 5. The monoisotopic (exact) mass is 525 g/mol. The lowest BCUT2D eigenvalue weighted by Crippen LogP contribution is -2.56. The van der Waals surface area contributed by atoms with E-state index >= 15 is 0 Å². The molecule has 2 aromatic rings. The topological polar surface area (TPSA) is 96.4 Å². The van der Waals surface area contributed by atoms with Crippen molar-refractivity contribution in [1.82, 2.24) is 20.0 Å². The summed E-state index contributed by atoms with van der Waals surface area (Å²) in [4.78, 5) is 15.9.